The van der Waals surface area contributed by atoms with Gasteiger partial charge in [-0.1, -0.05) is 6.08 Å². The fraction of sp³-hybridized carbons (Fsp3) is 0.500. The van der Waals surface area contributed by atoms with Gasteiger partial charge in [0.25, 0.3) is 0 Å². The molecule has 2 aliphatic heterocycles. The van der Waals surface area contributed by atoms with E-state index in [4.69, 9.17) is 4.74 Å². The first-order valence-electron chi connectivity index (χ1n) is 5.54. The molecule has 0 aromatic rings. The molecule has 0 aromatic heterocycles. The van der Waals surface area contributed by atoms with Gasteiger partial charge in [-0.05, 0) is 24.5 Å². The number of ether oxygens (including phenoxy) is 1. The second-order valence-corrected chi connectivity index (χ2v) is 4.23. The maximum absolute atomic E-state index is 5.39. The molecule has 0 saturated heterocycles. The van der Waals surface area contributed by atoms with Crippen molar-refractivity contribution in [3.05, 3.63) is 34.9 Å². The van der Waals surface area contributed by atoms with Gasteiger partial charge in [0.2, 0.25) is 0 Å². The van der Waals surface area contributed by atoms with Crippen LogP contribution in [0.5, 0.6) is 0 Å². The Labute approximate surface area is 89.9 Å². The molecule has 3 heteroatoms. The normalized spacial score (nSPS) is 28.7. The molecule has 0 saturated carbocycles. The fourth-order valence-corrected chi connectivity index (χ4v) is 2.68. The van der Waals surface area contributed by atoms with Gasteiger partial charge in [0.1, 0.15) is 5.76 Å². The summed E-state index contributed by atoms with van der Waals surface area (Å²) in [5.41, 5.74) is 4.23. The predicted octanol–water partition coefficient (Wildman–Crippen LogP) is 1.27. The van der Waals surface area contributed by atoms with Gasteiger partial charge in [-0.25, -0.2) is 0 Å². The zero-order valence-corrected chi connectivity index (χ0v) is 8.97. The molecule has 0 amide bonds. The van der Waals surface area contributed by atoms with Gasteiger partial charge < -0.3 is 15.4 Å². The lowest BCUT2D eigenvalue weighted by Gasteiger charge is -2.20. The number of allylic oxidation sites excluding steroid dienone is 3. The minimum atomic E-state index is 0.535. The van der Waals surface area contributed by atoms with E-state index in [-0.39, 0.29) is 0 Å². The van der Waals surface area contributed by atoms with Crippen molar-refractivity contribution in [2.75, 3.05) is 20.2 Å². The summed E-state index contributed by atoms with van der Waals surface area (Å²) in [5.74, 6) is 1.54. The average molecular weight is 204 g/mol. The lowest BCUT2D eigenvalue weighted by molar-refractivity contribution is 0.293. The molecule has 0 aromatic carbocycles. The molecule has 1 aliphatic carbocycles. The van der Waals surface area contributed by atoms with Crippen LogP contribution >= 0.6 is 0 Å². The van der Waals surface area contributed by atoms with Gasteiger partial charge in [0.05, 0.1) is 12.8 Å². The average Bonchev–Trinajstić information content (AvgIpc) is 2.67. The molecule has 0 radical (unpaired) electrons. The zero-order valence-electron chi connectivity index (χ0n) is 8.97. The summed E-state index contributed by atoms with van der Waals surface area (Å²) in [6, 6.07) is 0. The Kier molecular flexibility index (Phi) is 2.06. The van der Waals surface area contributed by atoms with Crippen molar-refractivity contribution in [1.29, 1.82) is 0 Å². The molecular formula is C12H16N2O. The summed E-state index contributed by atoms with van der Waals surface area (Å²) >= 11 is 0. The number of rotatable bonds is 1. The third-order valence-electron chi connectivity index (χ3n) is 3.44. The predicted molar refractivity (Wildman–Crippen MR) is 58.9 cm³/mol. The summed E-state index contributed by atoms with van der Waals surface area (Å²) in [7, 11) is 1.74. The summed E-state index contributed by atoms with van der Waals surface area (Å²) in [5, 5.41) is 6.98. The Bertz CT molecular complexity index is 379. The SMILES string of the molecule is COC1=C2NC3=C(CNCC3)C2CC=C1. The van der Waals surface area contributed by atoms with Crippen LogP contribution < -0.4 is 10.6 Å². The largest absolute Gasteiger partial charge is 0.495 e. The smallest absolute Gasteiger partial charge is 0.138 e. The zero-order chi connectivity index (χ0) is 10.3. The third-order valence-corrected chi connectivity index (χ3v) is 3.44. The Balaban J connectivity index is 1.98. The van der Waals surface area contributed by atoms with E-state index < -0.39 is 0 Å². The highest BCUT2D eigenvalue weighted by Gasteiger charge is 2.33. The number of hydrogen-bond donors (Lipinski definition) is 2. The van der Waals surface area contributed by atoms with Crippen molar-refractivity contribution in [1.82, 2.24) is 10.6 Å². The quantitative estimate of drug-likeness (QED) is 0.675. The minimum absolute atomic E-state index is 0.535. The summed E-state index contributed by atoms with van der Waals surface area (Å²) < 4.78 is 5.39. The summed E-state index contributed by atoms with van der Waals surface area (Å²) in [6.45, 7) is 2.11. The summed E-state index contributed by atoms with van der Waals surface area (Å²) in [4.78, 5) is 0. The van der Waals surface area contributed by atoms with E-state index in [1.807, 2.05) is 0 Å². The number of methoxy groups -OCH3 is 1. The summed E-state index contributed by atoms with van der Waals surface area (Å²) in [6.07, 6.45) is 6.51. The van der Waals surface area contributed by atoms with Crippen LogP contribution in [0.3, 0.4) is 0 Å². The molecule has 80 valence electrons. The molecule has 15 heavy (non-hydrogen) atoms. The van der Waals surface area contributed by atoms with Crippen LogP contribution in [0.4, 0.5) is 0 Å². The maximum atomic E-state index is 5.39. The second kappa shape index (κ2) is 3.42. The van der Waals surface area contributed by atoms with Crippen LogP contribution in [0.2, 0.25) is 0 Å². The topological polar surface area (TPSA) is 33.3 Å². The third kappa shape index (κ3) is 1.30. The van der Waals surface area contributed by atoms with Crippen LogP contribution in [0.1, 0.15) is 12.8 Å². The van der Waals surface area contributed by atoms with Gasteiger partial charge in [0, 0.05) is 24.7 Å². The Morgan fingerprint density at radius 3 is 3.27 bits per heavy atom. The van der Waals surface area contributed by atoms with E-state index >= 15 is 0 Å². The molecule has 0 spiro atoms. The fourth-order valence-electron chi connectivity index (χ4n) is 2.68. The van der Waals surface area contributed by atoms with Crippen molar-refractivity contribution in [2.24, 2.45) is 5.92 Å². The van der Waals surface area contributed by atoms with E-state index in [0.717, 1.165) is 31.7 Å². The molecule has 0 fully saturated rings. The molecule has 3 rings (SSSR count). The first-order chi connectivity index (χ1) is 7.40. The molecule has 2 N–H and O–H groups in total. The highest BCUT2D eigenvalue weighted by Crippen LogP contribution is 2.38. The van der Waals surface area contributed by atoms with Crippen LogP contribution in [0.15, 0.2) is 34.9 Å². The van der Waals surface area contributed by atoms with Crippen LogP contribution in [-0.4, -0.2) is 20.2 Å². The van der Waals surface area contributed by atoms with Gasteiger partial charge in [0.15, 0.2) is 0 Å². The van der Waals surface area contributed by atoms with Gasteiger partial charge in [-0.15, -0.1) is 0 Å². The van der Waals surface area contributed by atoms with E-state index in [1.54, 1.807) is 7.11 Å². The van der Waals surface area contributed by atoms with Crippen molar-refractivity contribution in [3.63, 3.8) is 0 Å². The first kappa shape index (κ1) is 9.04. The second-order valence-electron chi connectivity index (χ2n) is 4.23. The van der Waals surface area contributed by atoms with Crippen molar-refractivity contribution in [2.45, 2.75) is 12.8 Å². The lowest BCUT2D eigenvalue weighted by atomic mass is 9.89. The molecule has 3 aliphatic rings. The Morgan fingerprint density at radius 1 is 1.47 bits per heavy atom. The Hall–Kier alpha value is -1.22. The molecule has 1 unspecified atom stereocenters. The number of fused-ring (bicyclic) bond motifs is 2. The molecular weight excluding hydrogens is 188 g/mol. The highest BCUT2D eigenvalue weighted by molar-refractivity contribution is 5.43. The highest BCUT2D eigenvalue weighted by atomic mass is 16.5. The van der Waals surface area contributed by atoms with Gasteiger partial charge >= 0.3 is 0 Å². The van der Waals surface area contributed by atoms with Crippen LogP contribution in [-0.2, 0) is 4.74 Å². The van der Waals surface area contributed by atoms with E-state index in [1.165, 1.54) is 17.0 Å². The lowest BCUT2D eigenvalue weighted by Crippen LogP contribution is -2.26. The van der Waals surface area contributed by atoms with Crippen molar-refractivity contribution >= 4 is 0 Å². The maximum Gasteiger partial charge on any atom is 0.138 e. The van der Waals surface area contributed by atoms with Gasteiger partial charge in [-0.3, -0.25) is 0 Å². The van der Waals surface area contributed by atoms with E-state index in [9.17, 15) is 0 Å². The minimum Gasteiger partial charge on any atom is -0.495 e. The van der Waals surface area contributed by atoms with E-state index in [2.05, 4.69) is 22.8 Å². The molecule has 0 bridgehead atoms. The standard InChI is InChI=1S/C12H16N2O/c1-15-11-4-2-3-8-9-7-13-6-5-10(9)14-12(8)11/h2,4,8,13-14H,3,5-7H2,1H3. The number of hydrogen-bond acceptors (Lipinski definition) is 3. The van der Waals surface area contributed by atoms with Crippen molar-refractivity contribution in [3.8, 4) is 0 Å². The first-order valence-corrected chi connectivity index (χ1v) is 5.54. The molecule has 3 nitrogen and oxygen atoms in total. The van der Waals surface area contributed by atoms with Crippen LogP contribution in [0, 0.1) is 5.92 Å². The monoisotopic (exact) mass is 204 g/mol. The van der Waals surface area contributed by atoms with Crippen molar-refractivity contribution < 1.29 is 4.74 Å². The number of nitrogens with one attached hydrogen (secondary N) is 2. The van der Waals surface area contributed by atoms with Gasteiger partial charge in [-0.2, -0.15) is 0 Å². The Morgan fingerprint density at radius 2 is 2.40 bits per heavy atom. The van der Waals surface area contributed by atoms with Crippen LogP contribution in [0.25, 0.3) is 0 Å². The van der Waals surface area contributed by atoms with E-state index in [0.29, 0.717) is 5.92 Å². The molecule has 2 heterocycles. The molecule has 1 atom stereocenters.